The summed E-state index contributed by atoms with van der Waals surface area (Å²) in [5, 5.41) is 3.00. The van der Waals surface area contributed by atoms with Crippen molar-refractivity contribution >= 4 is 5.91 Å². The number of aryl methyl sites for hydroxylation is 1. The fraction of sp³-hybridized carbons (Fsp3) is 0.417. The Morgan fingerprint density at radius 3 is 3.20 bits per heavy atom. The number of nitrogens with one attached hydrogen (secondary N) is 1. The van der Waals surface area contributed by atoms with Crippen molar-refractivity contribution in [1.82, 2.24) is 5.32 Å². The van der Waals surface area contributed by atoms with Gasteiger partial charge in [0, 0.05) is 6.42 Å². The zero-order chi connectivity index (χ0) is 10.4. The van der Waals surface area contributed by atoms with Gasteiger partial charge in [0.05, 0.1) is 12.1 Å². The van der Waals surface area contributed by atoms with Gasteiger partial charge < -0.3 is 10.1 Å². The van der Waals surface area contributed by atoms with Crippen LogP contribution < -0.4 is 5.32 Å². The first-order chi connectivity index (χ1) is 7.24. The molecule has 1 aromatic rings. The van der Waals surface area contributed by atoms with Gasteiger partial charge in [0.1, 0.15) is 6.61 Å². The Kier molecular flexibility index (Phi) is 1.83. The lowest BCUT2D eigenvalue weighted by atomic mass is 10.0. The standard InChI is InChI=1S/C12H13NO2/c1-7-2-3-8-5-10-12(9(8)4-7)13-11(14)6-15-10/h2-4,10,12H,5-6H2,1H3,(H,13,14)/t10-,12+/m0/s1. The average Bonchev–Trinajstić information content (AvgIpc) is 2.56. The van der Waals surface area contributed by atoms with E-state index in [0.29, 0.717) is 0 Å². The van der Waals surface area contributed by atoms with Gasteiger partial charge in [-0.25, -0.2) is 0 Å². The summed E-state index contributed by atoms with van der Waals surface area (Å²) in [6.45, 7) is 2.27. The van der Waals surface area contributed by atoms with E-state index in [4.69, 9.17) is 4.74 Å². The molecule has 1 amide bonds. The van der Waals surface area contributed by atoms with Crippen molar-refractivity contribution in [2.45, 2.75) is 25.5 Å². The summed E-state index contributed by atoms with van der Waals surface area (Å²) >= 11 is 0. The highest BCUT2D eigenvalue weighted by Gasteiger charge is 2.37. The first-order valence-electron chi connectivity index (χ1n) is 5.24. The number of amides is 1. The van der Waals surface area contributed by atoms with Gasteiger partial charge in [-0.2, -0.15) is 0 Å². The Hall–Kier alpha value is -1.35. The van der Waals surface area contributed by atoms with Crippen molar-refractivity contribution in [2.24, 2.45) is 0 Å². The van der Waals surface area contributed by atoms with Crippen LogP contribution in [0.25, 0.3) is 0 Å². The van der Waals surface area contributed by atoms with Crippen LogP contribution in [0.3, 0.4) is 0 Å². The summed E-state index contributed by atoms with van der Waals surface area (Å²) < 4.78 is 5.52. The molecular weight excluding hydrogens is 190 g/mol. The monoisotopic (exact) mass is 203 g/mol. The highest BCUT2D eigenvalue weighted by atomic mass is 16.5. The molecule has 0 radical (unpaired) electrons. The molecule has 1 aromatic carbocycles. The van der Waals surface area contributed by atoms with Crippen LogP contribution in [0, 0.1) is 6.92 Å². The normalized spacial score (nSPS) is 28.2. The molecule has 3 heteroatoms. The maximum atomic E-state index is 11.3. The van der Waals surface area contributed by atoms with Crippen molar-refractivity contribution in [2.75, 3.05) is 6.61 Å². The van der Waals surface area contributed by atoms with Gasteiger partial charge in [0.25, 0.3) is 0 Å². The van der Waals surface area contributed by atoms with Crippen LogP contribution in [0.1, 0.15) is 22.7 Å². The van der Waals surface area contributed by atoms with Crippen LogP contribution in [0.2, 0.25) is 0 Å². The van der Waals surface area contributed by atoms with E-state index >= 15 is 0 Å². The lowest BCUT2D eigenvalue weighted by molar-refractivity contribution is -0.136. The van der Waals surface area contributed by atoms with E-state index in [-0.39, 0.29) is 24.7 Å². The second kappa shape index (κ2) is 3.07. The second-order valence-electron chi connectivity index (χ2n) is 4.30. The molecule has 3 nitrogen and oxygen atoms in total. The molecule has 0 aromatic heterocycles. The minimum absolute atomic E-state index is 0.00870. The van der Waals surface area contributed by atoms with Gasteiger partial charge in [0.15, 0.2) is 0 Å². The fourth-order valence-electron chi connectivity index (χ4n) is 2.45. The fourth-order valence-corrected chi connectivity index (χ4v) is 2.45. The molecule has 2 aliphatic rings. The minimum Gasteiger partial charge on any atom is -0.366 e. The predicted octanol–water partition coefficient (Wildman–Crippen LogP) is 1.11. The molecular formula is C12H13NO2. The summed E-state index contributed by atoms with van der Waals surface area (Å²) in [6, 6.07) is 6.46. The molecule has 1 heterocycles. The third-order valence-electron chi connectivity index (χ3n) is 3.17. The van der Waals surface area contributed by atoms with E-state index in [0.717, 1.165) is 6.42 Å². The van der Waals surface area contributed by atoms with Crippen LogP contribution in [0.5, 0.6) is 0 Å². The Labute approximate surface area is 88.4 Å². The number of rotatable bonds is 0. The zero-order valence-electron chi connectivity index (χ0n) is 8.62. The summed E-state index contributed by atoms with van der Waals surface area (Å²) in [5.74, 6) is -0.00870. The van der Waals surface area contributed by atoms with Gasteiger partial charge >= 0.3 is 0 Å². The highest BCUT2D eigenvalue weighted by molar-refractivity contribution is 5.79. The van der Waals surface area contributed by atoms with Crippen molar-refractivity contribution < 1.29 is 9.53 Å². The highest BCUT2D eigenvalue weighted by Crippen LogP contribution is 2.35. The molecule has 3 rings (SSSR count). The number of benzene rings is 1. The molecule has 0 spiro atoms. The Morgan fingerprint density at radius 1 is 1.47 bits per heavy atom. The largest absolute Gasteiger partial charge is 0.366 e. The van der Waals surface area contributed by atoms with E-state index in [9.17, 15) is 4.79 Å². The van der Waals surface area contributed by atoms with E-state index in [1.165, 1.54) is 16.7 Å². The second-order valence-corrected chi connectivity index (χ2v) is 4.30. The van der Waals surface area contributed by atoms with Crippen LogP contribution in [0.15, 0.2) is 18.2 Å². The molecule has 0 unspecified atom stereocenters. The van der Waals surface area contributed by atoms with E-state index < -0.39 is 0 Å². The van der Waals surface area contributed by atoms with Crippen molar-refractivity contribution in [3.05, 3.63) is 34.9 Å². The van der Waals surface area contributed by atoms with Crippen molar-refractivity contribution in [3.8, 4) is 0 Å². The molecule has 1 aliphatic heterocycles. The number of ether oxygens (including phenoxy) is 1. The number of fused-ring (bicyclic) bond motifs is 3. The molecule has 1 saturated heterocycles. The third-order valence-corrected chi connectivity index (χ3v) is 3.17. The molecule has 78 valence electrons. The van der Waals surface area contributed by atoms with E-state index in [1.54, 1.807) is 0 Å². The number of carbonyl (C=O) groups is 1. The number of carbonyl (C=O) groups excluding carboxylic acids is 1. The maximum Gasteiger partial charge on any atom is 0.246 e. The lowest BCUT2D eigenvalue weighted by Gasteiger charge is -2.27. The topological polar surface area (TPSA) is 38.3 Å². The average molecular weight is 203 g/mol. The molecule has 1 fully saturated rings. The predicted molar refractivity (Wildman–Crippen MR) is 55.5 cm³/mol. The van der Waals surface area contributed by atoms with Gasteiger partial charge in [-0.1, -0.05) is 23.8 Å². The van der Waals surface area contributed by atoms with Gasteiger partial charge in [-0.05, 0) is 18.1 Å². The van der Waals surface area contributed by atoms with Gasteiger partial charge in [-0.3, -0.25) is 4.79 Å². The molecule has 1 aliphatic carbocycles. The lowest BCUT2D eigenvalue weighted by Crippen LogP contribution is -2.43. The molecule has 0 bridgehead atoms. The van der Waals surface area contributed by atoms with Crippen molar-refractivity contribution in [1.29, 1.82) is 0 Å². The summed E-state index contributed by atoms with van der Waals surface area (Å²) in [4.78, 5) is 11.3. The van der Waals surface area contributed by atoms with Crippen LogP contribution in [-0.2, 0) is 16.0 Å². The molecule has 1 N–H and O–H groups in total. The first kappa shape index (κ1) is 8.92. The van der Waals surface area contributed by atoms with E-state index in [2.05, 4.69) is 30.4 Å². The molecule has 15 heavy (non-hydrogen) atoms. The van der Waals surface area contributed by atoms with Crippen molar-refractivity contribution in [3.63, 3.8) is 0 Å². The van der Waals surface area contributed by atoms with E-state index in [1.807, 2.05) is 0 Å². The van der Waals surface area contributed by atoms with Gasteiger partial charge in [0.2, 0.25) is 5.91 Å². The van der Waals surface area contributed by atoms with Crippen LogP contribution in [-0.4, -0.2) is 18.6 Å². The molecule has 2 atom stereocenters. The Morgan fingerprint density at radius 2 is 2.33 bits per heavy atom. The Bertz CT molecular complexity index is 428. The summed E-state index contributed by atoms with van der Waals surface area (Å²) in [5.41, 5.74) is 3.76. The Balaban J connectivity index is 2.02. The maximum absolute atomic E-state index is 11.3. The molecule has 0 saturated carbocycles. The minimum atomic E-state index is -0.00870. The smallest absolute Gasteiger partial charge is 0.246 e. The number of morpholine rings is 1. The first-order valence-corrected chi connectivity index (χ1v) is 5.24. The SMILES string of the molecule is Cc1ccc2c(c1)[C@H]1NC(=O)CO[C@H]1C2. The quantitative estimate of drug-likeness (QED) is 0.686. The van der Waals surface area contributed by atoms with Gasteiger partial charge in [-0.15, -0.1) is 0 Å². The van der Waals surface area contributed by atoms with Crippen LogP contribution >= 0.6 is 0 Å². The van der Waals surface area contributed by atoms with Crippen LogP contribution in [0.4, 0.5) is 0 Å². The zero-order valence-corrected chi connectivity index (χ0v) is 8.62. The number of hydrogen-bond acceptors (Lipinski definition) is 2. The number of hydrogen-bond donors (Lipinski definition) is 1. The summed E-state index contributed by atoms with van der Waals surface area (Å²) in [7, 11) is 0. The third kappa shape index (κ3) is 1.35. The summed E-state index contributed by atoms with van der Waals surface area (Å²) in [6.07, 6.45) is 1.06.